The van der Waals surface area contributed by atoms with E-state index in [9.17, 15) is 13.2 Å². The Morgan fingerprint density at radius 1 is 1.20 bits per heavy atom. The Bertz CT molecular complexity index is 523. The first-order chi connectivity index (χ1) is 9.33. The minimum absolute atomic E-state index is 0.120. The van der Waals surface area contributed by atoms with Gasteiger partial charge in [-0.25, -0.2) is 0 Å². The van der Waals surface area contributed by atoms with E-state index in [0.29, 0.717) is 28.8 Å². The van der Waals surface area contributed by atoms with Gasteiger partial charge in [0.2, 0.25) is 0 Å². The van der Waals surface area contributed by atoms with E-state index in [2.05, 4.69) is 11.7 Å². The van der Waals surface area contributed by atoms with Crippen LogP contribution in [-0.2, 0) is 12.8 Å². The van der Waals surface area contributed by atoms with Crippen LogP contribution >= 0.6 is 11.6 Å². The molecule has 20 heavy (non-hydrogen) atoms. The fraction of sp³-hybridized carbons (Fsp3) is 0.600. The molecule has 0 radical (unpaired) electrons. The second kappa shape index (κ2) is 4.83. The summed E-state index contributed by atoms with van der Waals surface area (Å²) in [5.74, 6) is 1.59. The zero-order valence-corrected chi connectivity index (χ0v) is 11.9. The van der Waals surface area contributed by atoms with Crippen LogP contribution in [0, 0.1) is 17.8 Å². The number of halogens is 4. The summed E-state index contributed by atoms with van der Waals surface area (Å²) in [5.41, 5.74) is 1.60. The van der Waals surface area contributed by atoms with Gasteiger partial charge in [-0.05, 0) is 66.7 Å². The number of ether oxygens (including phenoxy) is 1. The van der Waals surface area contributed by atoms with Crippen molar-refractivity contribution in [3.8, 4) is 5.75 Å². The summed E-state index contributed by atoms with van der Waals surface area (Å²) in [5, 5.41) is 0.308. The number of hydrogen-bond acceptors (Lipinski definition) is 1. The molecule has 0 spiro atoms. The molecule has 1 fully saturated rings. The van der Waals surface area contributed by atoms with Crippen molar-refractivity contribution in [3.63, 3.8) is 0 Å². The maximum absolute atomic E-state index is 12.5. The average molecular weight is 305 g/mol. The molecule has 1 unspecified atom stereocenters. The number of hydrogen-bond donors (Lipinski definition) is 0. The Morgan fingerprint density at radius 2 is 1.90 bits per heavy atom. The summed E-state index contributed by atoms with van der Waals surface area (Å²) in [6.45, 7) is 2.21. The predicted octanol–water partition coefficient (Wildman–Crippen LogP) is 5.00. The summed E-state index contributed by atoms with van der Waals surface area (Å²) < 4.78 is 41.6. The summed E-state index contributed by atoms with van der Waals surface area (Å²) in [4.78, 5) is 0. The van der Waals surface area contributed by atoms with Crippen LogP contribution in [0.5, 0.6) is 5.75 Å². The van der Waals surface area contributed by atoms with Gasteiger partial charge in [-0.2, -0.15) is 0 Å². The number of benzene rings is 1. The van der Waals surface area contributed by atoms with E-state index < -0.39 is 6.36 Å². The predicted molar refractivity (Wildman–Crippen MR) is 70.9 cm³/mol. The minimum Gasteiger partial charge on any atom is -0.405 e. The first-order valence-corrected chi connectivity index (χ1v) is 7.28. The molecule has 2 aliphatic rings. The largest absolute Gasteiger partial charge is 0.573 e. The highest BCUT2D eigenvalue weighted by molar-refractivity contribution is 6.30. The van der Waals surface area contributed by atoms with Crippen LogP contribution in [0.1, 0.15) is 30.9 Å². The van der Waals surface area contributed by atoms with E-state index in [4.69, 9.17) is 11.6 Å². The summed E-state index contributed by atoms with van der Waals surface area (Å²) in [6, 6.07) is 3.05. The lowest BCUT2D eigenvalue weighted by molar-refractivity contribution is -0.274. The number of fused-ring (bicyclic) bond motifs is 1. The number of rotatable bonds is 3. The van der Waals surface area contributed by atoms with E-state index in [0.717, 1.165) is 17.9 Å². The smallest absolute Gasteiger partial charge is 0.405 e. The van der Waals surface area contributed by atoms with E-state index in [-0.39, 0.29) is 5.75 Å². The first kappa shape index (κ1) is 14.1. The van der Waals surface area contributed by atoms with E-state index >= 15 is 0 Å². The molecule has 2 atom stereocenters. The van der Waals surface area contributed by atoms with E-state index in [1.807, 2.05) is 0 Å². The highest BCUT2D eigenvalue weighted by Gasteiger charge is 2.39. The molecule has 0 aliphatic heterocycles. The monoisotopic (exact) mass is 304 g/mol. The van der Waals surface area contributed by atoms with Crippen LogP contribution < -0.4 is 4.74 Å². The third-order valence-electron chi connectivity index (χ3n) is 4.55. The Morgan fingerprint density at radius 3 is 2.50 bits per heavy atom. The lowest BCUT2D eigenvalue weighted by Gasteiger charge is -2.18. The lowest BCUT2D eigenvalue weighted by atomic mass is 9.87. The average Bonchev–Trinajstić information content (AvgIpc) is 3.06. The topological polar surface area (TPSA) is 9.23 Å². The maximum atomic E-state index is 12.5. The Kier molecular flexibility index (Phi) is 3.39. The van der Waals surface area contributed by atoms with Crippen molar-refractivity contribution in [2.75, 3.05) is 0 Å². The zero-order valence-electron chi connectivity index (χ0n) is 11.1. The van der Waals surface area contributed by atoms with Gasteiger partial charge in [0.15, 0.2) is 0 Å². The molecule has 0 heterocycles. The van der Waals surface area contributed by atoms with Gasteiger partial charge in [0.1, 0.15) is 5.75 Å². The normalized spacial score (nSPS) is 23.6. The van der Waals surface area contributed by atoms with Gasteiger partial charge in [0, 0.05) is 5.02 Å². The molecular weight excluding hydrogens is 289 g/mol. The third kappa shape index (κ3) is 2.90. The van der Waals surface area contributed by atoms with Crippen molar-refractivity contribution in [1.29, 1.82) is 0 Å². The molecule has 0 aromatic heterocycles. The van der Waals surface area contributed by atoms with Crippen LogP contribution in [0.3, 0.4) is 0 Å². The highest BCUT2D eigenvalue weighted by Crippen LogP contribution is 2.47. The molecule has 0 amide bonds. The molecule has 1 aromatic carbocycles. The van der Waals surface area contributed by atoms with Gasteiger partial charge < -0.3 is 4.74 Å². The minimum atomic E-state index is -4.67. The summed E-state index contributed by atoms with van der Waals surface area (Å²) >= 11 is 5.91. The molecule has 110 valence electrons. The van der Waals surface area contributed by atoms with Crippen molar-refractivity contribution in [3.05, 3.63) is 28.3 Å². The van der Waals surface area contributed by atoms with Gasteiger partial charge >= 0.3 is 6.36 Å². The fourth-order valence-electron chi connectivity index (χ4n) is 3.29. The summed E-state index contributed by atoms with van der Waals surface area (Å²) in [6.07, 6.45) is -0.697. The molecule has 0 bridgehead atoms. The molecule has 5 heteroatoms. The van der Waals surface area contributed by atoms with Crippen molar-refractivity contribution >= 4 is 11.6 Å². The van der Waals surface area contributed by atoms with Gasteiger partial charge in [-0.3, -0.25) is 0 Å². The molecular formula is C15H16ClF3O. The van der Waals surface area contributed by atoms with Crippen LogP contribution in [0.25, 0.3) is 0 Å². The van der Waals surface area contributed by atoms with E-state index in [1.165, 1.54) is 18.9 Å². The standard InChI is InChI=1S/C15H16ClF3O/c1-8(9-2-3-9)10-4-11-5-12(16)7-14(13(11)6-10)20-15(17,18)19/h5,7-10H,2-4,6H2,1H3/t8-,10?/m0/s1. The van der Waals surface area contributed by atoms with Crippen LogP contribution in [0.2, 0.25) is 5.02 Å². The van der Waals surface area contributed by atoms with Crippen molar-refractivity contribution in [2.24, 2.45) is 17.8 Å². The quantitative estimate of drug-likeness (QED) is 0.763. The Hall–Kier alpha value is -0.900. The van der Waals surface area contributed by atoms with Gasteiger partial charge in [-0.15, -0.1) is 13.2 Å². The van der Waals surface area contributed by atoms with Crippen molar-refractivity contribution in [1.82, 2.24) is 0 Å². The van der Waals surface area contributed by atoms with Crippen molar-refractivity contribution < 1.29 is 17.9 Å². The van der Waals surface area contributed by atoms with Gasteiger partial charge in [0.05, 0.1) is 0 Å². The molecule has 3 rings (SSSR count). The Labute approximate surface area is 121 Å². The lowest BCUT2D eigenvalue weighted by Crippen LogP contribution is -2.18. The highest BCUT2D eigenvalue weighted by atomic mass is 35.5. The molecule has 1 aromatic rings. The van der Waals surface area contributed by atoms with Crippen LogP contribution in [-0.4, -0.2) is 6.36 Å². The Balaban J connectivity index is 1.86. The molecule has 1 nitrogen and oxygen atoms in total. The van der Waals surface area contributed by atoms with E-state index in [1.54, 1.807) is 6.07 Å². The molecule has 0 saturated heterocycles. The first-order valence-electron chi connectivity index (χ1n) is 6.90. The van der Waals surface area contributed by atoms with Crippen LogP contribution in [0.15, 0.2) is 12.1 Å². The third-order valence-corrected chi connectivity index (χ3v) is 4.77. The molecule has 0 N–H and O–H groups in total. The van der Waals surface area contributed by atoms with Gasteiger partial charge in [-0.1, -0.05) is 18.5 Å². The maximum Gasteiger partial charge on any atom is 0.573 e. The summed E-state index contributed by atoms with van der Waals surface area (Å²) in [7, 11) is 0. The molecule has 2 aliphatic carbocycles. The SMILES string of the molecule is C[C@@H](C1CC1)C1Cc2cc(Cl)cc(OC(F)(F)F)c2C1. The fourth-order valence-corrected chi connectivity index (χ4v) is 3.52. The molecule has 1 saturated carbocycles. The van der Waals surface area contributed by atoms with Gasteiger partial charge in [0.25, 0.3) is 0 Å². The second-order valence-electron chi connectivity index (χ2n) is 5.95. The van der Waals surface area contributed by atoms with Crippen LogP contribution in [0.4, 0.5) is 13.2 Å². The van der Waals surface area contributed by atoms with Crippen molar-refractivity contribution in [2.45, 2.75) is 39.0 Å². The second-order valence-corrected chi connectivity index (χ2v) is 6.39. The number of alkyl halides is 3. The zero-order chi connectivity index (χ0) is 14.5.